The summed E-state index contributed by atoms with van der Waals surface area (Å²) in [7, 11) is -3.23. The highest BCUT2D eigenvalue weighted by Crippen LogP contribution is 2.17. The number of aryl methyl sites for hydroxylation is 2. The maximum atomic E-state index is 12.5. The molecule has 134 valence electrons. The Morgan fingerprint density at radius 1 is 1.29 bits per heavy atom. The van der Waals surface area contributed by atoms with Gasteiger partial charge in [-0.05, 0) is 63.4 Å². The van der Waals surface area contributed by atoms with E-state index in [4.69, 9.17) is 0 Å². The summed E-state index contributed by atoms with van der Waals surface area (Å²) in [5.41, 5.74) is 3.11. The minimum absolute atomic E-state index is 0.0711. The Morgan fingerprint density at radius 2 is 2.00 bits per heavy atom. The van der Waals surface area contributed by atoms with Crippen molar-refractivity contribution in [2.24, 2.45) is 0 Å². The largest absolute Gasteiger partial charge is 0.325 e. The van der Waals surface area contributed by atoms with Gasteiger partial charge < -0.3 is 5.32 Å². The van der Waals surface area contributed by atoms with Gasteiger partial charge in [0.15, 0.2) is 0 Å². The van der Waals surface area contributed by atoms with Crippen LogP contribution in [0.15, 0.2) is 18.2 Å². The molecule has 1 aromatic rings. The third-order valence-corrected chi connectivity index (χ3v) is 5.30. The molecule has 0 aromatic heterocycles. The van der Waals surface area contributed by atoms with Crippen LogP contribution in [0.4, 0.5) is 5.69 Å². The van der Waals surface area contributed by atoms with E-state index in [0.29, 0.717) is 6.54 Å². The molecular weight excluding hydrogens is 326 g/mol. The molecule has 1 heterocycles. The Kier molecular flexibility index (Phi) is 6.01. The molecular formula is C17H27N3O3S. The van der Waals surface area contributed by atoms with Gasteiger partial charge in [-0.2, -0.15) is 0 Å². The number of nitrogens with zero attached hydrogens (tertiary/aromatic N) is 1. The van der Waals surface area contributed by atoms with Crippen LogP contribution in [0, 0.1) is 13.8 Å². The van der Waals surface area contributed by atoms with Gasteiger partial charge in [0.1, 0.15) is 0 Å². The van der Waals surface area contributed by atoms with E-state index in [9.17, 15) is 13.2 Å². The van der Waals surface area contributed by atoms with Crippen LogP contribution in [0.5, 0.6) is 0 Å². The van der Waals surface area contributed by atoms with Gasteiger partial charge in [-0.1, -0.05) is 6.07 Å². The van der Waals surface area contributed by atoms with E-state index in [1.807, 2.05) is 43.9 Å². The zero-order valence-electron chi connectivity index (χ0n) is 14.8. The van der Waals surface area contributed by atoms with Gasteiger partial charge in [0.05, 0.1) is 12.3 Å². The molecule has 2 rings (SSSR count). The quantitative estimate of drug-likeness (QED) is 0.844. The molecule has 1 amide bonds. The average Bonchev–Trinajstić information content (AvgIpc) is 2.48. The molecule has 1 fully saturated rings. The summed E-state index contributed by atoms with van der Waals surface area (Å²) in [6.45, 7) is 7.25. The lowest BCUT2D eigenvalue weighted by Gasteiger charge is -2.36. The first-order valence-corrected chi connectivity index (χ1v) is 10.1. The van der Waals surface area contributed by atoms with Gasteiger partial charge in [0, 0.05) is 18.3 Å². The molecule has 2 N–H and O–H groups in total. The normalized spacial score (nSPS) is 20.6. The summed E-state index contributed by atoms with van der Waals surface area (Å²) >= 11 is 0. The minimum Gasteiger partial charge on any atom is -0.325 e. The van der Waals surface area contributed by atoms with Crippen molar-refractivity contribution in [3.8, 4) is 0 Å². The van der Waals surface area contributed by atoms with Crippen LogP contribution in [0.1, 0.15) is 30.9 Å². The highest BCUT2D eigenvalue weighted by Gasteiger charge is 2.28. The maximum absolute atomic E-state index is 12.5. The van der Waals surface area contributed by atoms with Crippen LogP contribution < -0.4 is 10.0 Å². The first-order valence-electron chi connectivity index (χ1n) is 8.25. The van der Waals surface area contributed by atoms with Crippen molar-refractivity contribution in [2.75, 3.05) is 24.7 Å². The van der Waals surface area contributed by atoms with Crippen molar-refractivity contribution in [3.05, 3.63) is 29.3 Å². The molecule has 24 heavy (non-hydrogen) atoms. The van der Waals surface area contributed by atoms with Crippen LogP contribution in [0.25, 0.3) is 0 Å². The highest BCUT2D eigenvalue weighted by atomic mass is 32.2. The number of piperidine rings is 1. The van der Waals surface area contributed by atoms with Gasteiger partial charge >= 0.3 is 0 Å². The summed E-state index contributed by atoms with van der Waals surface area (Å²) < 4.78 is 25.4. The van der Waals surface area contributed by atoms with E-state index in [1.54, 1.807) is 0 Å². The number of carbonyl (C=O) groups is 1. The summed E-state index contributed by atoms with van der Waals surface area (Å²) in [4.78, 5) is 14.5. The van der Waals surface area contributed by atoms with Gasteiger partial charge in [-0.15, -0.1) is 0 Å². The van der Waals surface area contributed by atoms with Crippen molar-refractivity contribution in [2.45, 2.75) is 45.7 Å². The zero-order chi connectivity index (χ0) is 17.9. The zero-order valence-corrected chi connectivity index (χ0v) is 15.6. The average molecular weight is 353 g/mol. The summed E-state index contributed by atoms with van der Waals surface area (Å²) in [6, 6.07) is 5.41. The van der Waals surface area contributed by atoms with Crippen molar-refractivity contribution in [1.29, 1.82) is 0 Å². The second kappa shape index (κ2) is 7.63. The van der Waals surface area contributed by atoms with Crippen molar-refractivity contribution >= 4 is 21.6 Å². The third kappa shape index (κ3) is 5.29. The number of carbonyl (C=O) groups excluding carboxylic acids is 1. The Balaban J connectivity index is 1.97. The molecule has 2 unspecified atom stereocenters. The topological polar surface area (TPSA) is 78.5 Å². The van der Waals surface area contributed by atoms with E-state index in [0.717, 1.165) is 30.6 Å². The molecule has 2 atom stereocenters. The summed E-state index contributed by atoms with van der Waals surface area (Å²) in [6.07, 6.45) is 2.84. The van der Waals surface area contributed by atoms with Gasteiger partial charge in [0.25, 0.3) is 0 Å². The molecule has 1 aliphatic rings. The Hall–Kier alpha value is -1.44. The number of likely N-dealkylation sites (tertiary alicyclic amines) is 1. The number of nitrogens with one attached hydrogen (secondary N) is 2. The van der Waals surface area contributed by atoms with E-state index in [1.165, 1.54) is 11.8 Å². The second-order valence-electron chi connectivity index (χ2n) is 6.69. The van der Waals surface area contributed by atoms with Crippen LogP contribution in [-0.2, 0) is 14.8 Å². The number of benzene rings is 1. The number of rotatable bonds is 5. The monoisotopic (exact) mass is 353 g/mol. The van der Waals surface area contributed by atoms with Crippen molar-refractivity contribution in [3.63, 3.8) is 0 Å². The number of hydrogen-bond donors (Lipinski definition) is 2. The Labute approximate surface area is 144 Å². The molecule has 1 aromatic carbocycles. The maximum Gasteiger partial charge on any atom is 0.241 e. The summed E-state index contributed by atoms with van der Waals surface area (Å²) in [5, 5.41) is 2.95. The number of amides is 1. The molecule has 0 spiro atoms. The van der Waals surface area contributed by atoms with Crippen LogP contribution in [-0.4, -0.2) is 50.7 Å². The number of hydrogen-bond acceptors (Lipinski definition) is 4. The number of anilines is 1. The van der Waals surface area contributed by atoms with E-state index >= 15 is 0 Å². The van der Waals surface area contributed by atoms with E-state index in [-0.39, 0.29) is 18.0 Å². The van der Waals surface area contributed by atoms with E-state index < -0.39 is 10.0 Å². The van der Waals surface area contributed by atoms with E-state index in [2.05, 4.69) is 10.0 Å². The fourth-order valence-corrected chi connectivity index (χ4v) is 3.79. The van der Waals surface area contributed by atoms with Crippen molar-refractivity contribution in [1.82, 2.24) is 9.62 Å². The predicted molar refractivity (Wildman–Crippen MR) is 96.6 cm³/mol. The fourth-order valence-electron chi connectivity index (χ4n) is 2.99. The lowest BCUT2D eigenvalue weighted by molar-refractivity contribution is -0.121. The second-order valence-corrected chi connectivity index (χ2v) is 8.47. The fraction of sp³-hybridized carbons (Fsp3) is 0.588. The smallest absolute Gasteiger partial charge is 0.241 e. The minimum atomic E-state index is -3.23. The van der Waals surface area contributed by atoms with Gasteiger partial charge in [-0.3, -0.25) is 9.69 Å². The Morgan fingerprint density at radius 3 is 2.62 bits per heavy atom. The predicted octanol–water partition coefficient (Wildman–Crippen LogP) is 1.64. The third-order valence-electron chi connectivity index (χ3n) is 4.54. The highest BCUT2D eigenvalue weighted by molar-refractivity contribution is 7.88. The first-order chi connectivity index (χ1) is 11.2. The molecule has 0 saturated carbocycles. The van der Waals surface area contributed by atoms with Crippen LogP contribution in [0.2, 0.25) is 0 Å². The first kappa shape index (κ1) is 18.9. The molecule has 0 bridgehead atoms. The van der Waals surface area contributed by atoms with Crippen molar-refractivity contribution < 1.29 is 13.2 Å². The molecule has 0 radical (unpaired) electrons. The Bertz CT molecular complexity index is 703. The lowest BCUT2D eigenvalue weighted by Crippen LogP contribution is -2.52. The van der Waals surface area contributed by atoms with Crippen LogP contribution >= 0.6 is 0 Å². The molecule has 0 aliphatic carbocycles. The molecule has 1 saturated heterocycles. The SMILES string of the molecule is Cc1ccc(NC(=O)C(C)N2CCCC(NS(C)(=O)=O)C2)cc1C. The lowest BCUT2D eigenvalue weighted by atomic mass is 10.0. The van der Waals surface area contributed by atoms with Crippen LogP contribution in [0.3, 0.4) is 0 Å². The molecule has 7 heteroatoms. The molecule has 1 aliphatic heterocycles. The number of sulfonamides is 1. The van der Waals surface area contributed by atoms with Gasteiger partial charge in [-0.25, -0.2) is 13.1 Å². The molecule has 6 nitrogen and oxygen atoms in total. The standard InChI is InChI=1S/C17H27N3O3S/c1-12-7-8-15(10-13(12)2)18-17(21)14(3)20-9-5-6-16(11-20)19-24(4,22)23/h7-8,10,14,16,19H,5-6,9,11H2,1-4H3,(H,18,21). The van der Waals surface area contributed by atoms with Gasteiger partial charge in [0.2, 0.25) is 15.9 Å². The summed E-state index contributed by atoms with van der Waals surface area (Å²) in [5.74, 6) is -0.0711.